The minimum Gasteiger partial charge on any atom is -0.409 e. The lowest BCUT2D eigenvalue weighted by Crippen LogP contribution is -2.44. The highest BCUT2D eigenvalue weighted by molar-refractivity contribution is 7.89. The zero-order chi connectivity index (χ0) is 14.8. The van der Waals surface area contributed by atoms with E-state index in [1.807, 2.05) is 0 Å². The Morgan fingerprint density at radius 2 is 2.25 bits per heavy atom. The minimum atomic E-state index is -3.71. The number of nitrogens with zero attached hydrogens (tertiary/aromatic N) is 3. The zero-order valence-electron chi connectivity index (χ0n) is 11.3. The summed E-state index contributed by atoms with van der Waals surface area (Å²) in [5.41, 5.74) is 5.98. The summed E-state index contributed by atoms with van der Waals surface area (Å²) >= 11 is 0. The molecule has 0 aromatic carbocycles. The van der Waals surface area contributed by atoms with Crippen LogP contribution in [0.25, 0.3) is 0 Å². The van der Waals surface area contributed by atoms with Gasteiger partial charge in [-0.3, -0.25) is 5.10 Å². The fraction of sp³-hybridized carbons (Fsp3) is 0.636. The lowest BCUT2D eigenvalue weighted by molar-refractivity contribution is 0.308. The molecule has 1 aromatic heterocycles. The molecule has 1 heterocycles. The average molecular weight is 301 g/mol. The monoisotopic (exact) mass is 301 g/mol. The van der Waals surface area contributed by atoms with Gasteiger partial charge in [-0.25, -0.2) is 8.42 Å². The van der Waals surface area contributed by atoms with E-state index < -0.39 is 10.0 Å². The van der Waals surface area contributed by atoms with E-state index in [0.29, 0.717) is 5.69 Å². The minimum absolute atomic E-state index is 0.116. The Balaban J connectivity index is 2.37. The van der Waals surface area contributed by atoms with E-state index in [-0.39, 0.29) is 23.3 Å². The van der Waals surface area contributed by atoms with Gasteiger partial charge in [0.05, 0.1) is 18.4 Å². The Bertz CT molecular complexity index is 589. The quantitative estimate of drug-likeness (QED) is 0.314. The van der Waals surface area contributed by atoms with Gasteiger partial charge in [0.25, 0.3) is 0 Å². The number of nitrogens with two attached hydrogens (primary N) is 1. The van der Waals surface area contributed by atoms with Gasteiger partial charge >= 0.3 is 0 Å². The summed E-state index contributed by atoms with van der Waals surface area (Å²) in [5, 5.41) is 18.0. The van der Waals surface area contributed by atoms with Crippen molar-refractivity contribution < 1.29 is 13.6 Å². The smallest absolute Gasteiger partial charge is 0.247 e. The van der Waals surface area contributed by atoms with E-state index in [9.17, 15) is 8.42 Å². The number of hydrogen-bond donors (Lipinski definition) is 3. The van der Waals surface area contributed by atoms with Crippen LogP contribution in [0.2, 0.25) is 0 Å². The number of rotatable bonds is 5. The van der Waals surface area contributed by atoms with E-state index in [2.05, 4.69) is 15.4 Å². The van der Waals surface area contributed by atoms with Crippen LogP contribution in [0.4, 0.5) is 0 Å². The Morgan fingerprint density at radius 1 is 1.60 bits per heavy atom. The molecule has 20 heavy (non-hydrogen) atoms. The maximum Gasteiger partial charge on any atom is 0.247 e. The summed E-state index contributed by atoms with van der Waals surface area (Å²) in [6.45, 7) is 1.53. The molecule has 0 saturated heterocycles. The van der Waals surface area contributed by atoms with Crippen LogP contribution in [0.15, 0.2) is 16.2 Å². The Kier molecular flexibility index (Phi) is 4.29. The van der Waals surface area contributed by atoms with Gasteiger partial charge in [0.15, 0.2) is 5.84 Å². The number of aromatic amines is 1. The first-order chi connectivity index (χ1) is 9.46. The molecule has 1 aromatic rings. The Hall–Kier alpha value is -1.61. The van der Waals surface area contributed by atoms with E-state index in [1.54, 1.807) is 6.92 Å². The zero-order valence-corrected chi connectivity index (χ0v) is 12.1. The SMILES string of the molecule is Cc1[nH]ncc1S(=O)(=O)N(CC(N)=NO)C1CCCC1. The largest absolute Gasteiger partial charge is 0.409 e. The predicted octanol–water partition coefficient (Wildman–Crippen LogP) is 0.398. The summed E-state index contributed by atoms with van der Waals surface area (Å²) in [7, 11) is -3.71. The summed E-state index contributed by atoms with van der Waals surface area (Å²) in [6.07, 6.45) is 4.83. The molecule has 112 valence electrons. The van der Waals surface area contributed by atoms with Gasteiger partial charge in [-0.1, -0.05) is 18.0 Å². The predicted molar refractivity (Wildman–Crippen MR) is 72.9 cm³/mol. The van der Waals surface area contributed by atoms with Crippen molar-refractivity contribution in [1.82, 2.24) is 14.5 Å². The fourth-order valence-electron chi connectivity index (χ4n) is 2.52. The molecule has 0 aliphatic heterocycles. The molecule has 0 radical (unpaired) electrons. The number of aryl methyl sites for hydroxylation is 1. The van der Waals surface area contributed by atoms with Crippen LogP contribution in [0, 0.1) is 6.92 Å². The molecule has 1 fully saturated rings. The molecule has 1 saturated carbocycles. The molecule has 0 spiro atoms. The lowest BCUT2D eigenvalue weighted by Gasteiger charge is -2.27. The second kappa shape index (κ2) is 5.80. The number of hydrogen-bond acceptors (Lipinski definition) is 5. The number of sulfonamides is 1. The standard InChI is InChI=1S/C11H19N5O3S/c1-8-10(6-13-14-8)20(18,19)16(7-11(12)15-17)9-4-2-3-5-9/h6,9,17H,2-5,7H2,1H3,(H2,12,15)(H,13,14). The average Bonchev–Trinajstić information content (AvgIpc) is 3.06. The summed E-state index contributed by atoms with van der Waals surface area (Å²) < 4.78 is 26.8. The molecule has 9 heteroatoms. The molecule has 0 atom stereocenters. The second-order valence-corrected chi connectivity index (χ2v) is 6.80. The van der Waals surface area contributed by atoms with Crippen LogP contribution < -0.4 is 5.73 Å². The van der Waals surface area contributed by atoms with Crippen molar-refractivity contribution in [1.29, 1.82) is 0 Å². The molecular formula is C11H19N5O3S. The highest BCUT2D eigenvalue weighted by Crippen LogP contribution is 2.29. The number of amidine groups is 1. The number of H-pyrrole nitrogens is 1. The second-order valence-electron chi connectivity index (χ2n) is 4.94. The summed E-state index contributed by atoms with van der Waals surface area (Å²) in [5.74, 6) is -0.123. The number of nitrogens with one attached hydrogen (secondary N) is 1. The highest BCUT2D eigenvalue weighted by atomic mass is 32.2. The third kappa shape index (κ3) is 2.78. The van der Waals surface area contributed by atoms with Crippen LogP contribution in [-0.2, 0) is 10.0 Å². The van der Waals surface area contributed by atoms with Gasteiger partial charge < -0.3 is 10.9 Å². The first-order valence-corrected chi connectivity index (χ1v) is 7.89. The molecule has 1 aliphatic carbocycles. The van der Waals surface area contributed by atoms with Gasteiger partial charge in [-0.05, 0) is 19.8 Å². The van der Waals surface area contributed by atoms with Gasteiger partial charge in [-0.2, -0.15) is 9.40 Å². The number of oxime groups is 1. The van der Waals surface area contributed by atoms with Crippen LogP contribution in [-0.4, -0.2) is 46.5 Å². The van der Waals surface area contributed by atoms with E-state index >= 15 is 0 Å². The van der Waals surface area contributed by atoms with Gasteiger partial charge in [0, 0.05) is 6.04 Å². The maximum atomic E-state index is 12.7. The third-order valence-corrected chi connectivity index (χ3v) is 5.56. The van der Waals surface area contributed by atoms with Crippen molar-refractivity contribution in [2.45, 2.75) is 43.5 Å². The summed E-state index contributed by atoms with van der Waals surface area (Å²) in [6, 6.07) is -0.116. The van der Waals surface area contributed by atoms with Gasteiger partial charge in [0.2, 0.25) is 10.0 Å². The molecule has 0 unspecified atom stereocenters. The van der Waals surface area contributed by atoms with Crippen LogP contribution in [0.3, 0.4) is 0 Å². The lowest BCUT2D eigenvalue weighted by atomic mass is 10.2. The topological polar surface area (TPSA) is 125 Å². The molecular weight excluding hydrogens is 282 g/mol. The van der Waals surface area contributed by atoms with Crippen LogP contribution in [0.1, 0.15) is 31.4 Å². The van der Waals surface area contributed by atoms with Crippen molar-refractivity contribution in [3.8, 4) is 0 Å². The normalized spacial score (nSPS) is 18.0. The molecule has 1 aliphatic rings. The van der Waals surface area contributed by atoms with Crippen LogP contribution >= 0.6 is 0 Å². The number of aromatic nitrogens is 2. The molecule has 0 bridgehead atoms. The Morgan fingerprint density at radius 3 is 2.75 bits per heavy atom. The molecule has 8 nitrogen and oxygen atoms in total. The first kappa shape index (κ1) is 14.8. The molecule has 4 N–H and O–H groups in total. The fourth-order valence-corrected chi connectivity index (χ4v) is 4.30. The third-order valence-electron chi connectivity index (χ3n) is 3.55. The highest BCUT2D eigenvalue weighted by Gasteiger charge is 2.35. The molecule has 2 rings (SSSR count). The van der Waals surface area contributed by atoms with Gasteiger partial charge in [-0.15, -0.1) is 0 Å². The van der Waals surface area contributed by atoms with E-state index in [4.69, 9.17) is 10.9 Å². The summed E-state index contributed by atoms with van der Waals surface area (Å²) in [4.78, 5) is 0.134. The first-order valence-electron chi connectivity index (χ1n) is 6.45. The van der Waals surface area contributed by atoms with Gasteiger partial charge in [0.1, 0.15) is 4.90 Å². The Labute approximate surface area is 117 Å². The van der Waals surface area contributed by atoms with E-state index in [0.717, 1.165) is 25.7 Å². The van der Waals surface area contributed by atoms with Crippen molar-refractivity contribution >= 4 is 15.9 Å². The molecule has 0 amide bonds. The van der Waals surface area contributed by atoms with Crippen molar-refractivity contribution in [3.63, 3.8) is 0 Å². The van der Waals surface area contributed by atoms with Crippen molar-refractivity contribution in [3.05, 3.63) is 11.9 Å². The van der Waals surface area contributed by atoms with Crippen molar-refractivity contribution in [2.24, 2.45) is 10.9 Å². The van der Waals surface area contributed by atoms with E-state index in [1.165, 1.54) is 10.5 Å². The maximum absolute atomic E-state index is 12.7. The van der Waals surface area contributed by atoms with Crippen LogP contribution in [0.5, 0.6) is 0 Å². The van der Waals surface area contributed by atoms with Crippen molar-refractivity contribution in [2.75, 3.05) is 6.54 Å².